The third-order valence-corrected chi connectivity index (χ3v) is 7.17. The summed E-state index contributed by atoms with van der Waals surface area (Å²) in [5, 5.41) is 4.24. The smallest absolute Gasteiger partial charge is 0.249 e. The summed E-state index contributed by atoms with van der Waals surface area (Å²) in [5.41, 5.74) is 3.56. The molecule has 4 nitrogen and oxygen atoms in total. The van der Waals surface area contributed by atoms with Crippen molar-refractivity contribution in [2.75, 3.05) is 18.4 Å². The van der Waals surface area contributed by atoms with Gasteiger partial charge in [0.25, 0.3) is 0 Å². The minimum Gasteiger partial charge on any atom is -0.356 e. The van der Waals surface area contributed by atoms with Crippen LogP contribution in [0.25, 0.3) is 0 Å². The normalized spacial score (nSPS) is 18.7. The Morgan fingerprint density at radius 3 is 2.47 bits per heavy atom. The fourth-order valence-corrected chi connectivity index (χ4v) is 5.11. The van der Waals surface area contributed by atoms with E-state index in [1.807, 2.05) is 48.5 Å². The van der Waals surface area contributed by atoms with Gasteiger partial charge in [0.1, 0.15) is 17.7 Å². The minimum atomic E-state index is -0.615. The van der Waals surface area contributed by atoms with E-state index in [1.54, 1.807) is 6.07 Å². The van der Waals surface area contributed by atoms with Crippen LogP contribution in [0.4, 0.5) is 10.1 Å². The predicted molar refractivity (Wildman–Crippen MR) is 136 cm³/mol. The van der Waals surface area contributed by atoms with Crippen molar-refractivity contribution in [1.82, 2.24) is 4.90 Å². The number of anilines is 1. The summed E-state index contributed by atoms with van der Waals surface area (Å²) in [6, 6.07) is 19.2. The number of carbonyl (C=O) groups is 1. The van der Waals surface area contributed by atoms with Gasteiger partial charge in [-0.1, -0.05) is 53.5 Å². The Morgan fingerprint density at radius 2 is 1.74 bits per heavy atom. The SMILES string of the molecule is O=C1Nc2ccc(Cl)cc2C(N2CCC(c3ccc(F)cc3)CC2)=NC1Cc1ccccc1Cl. The maximum atomic E-state index is 13.3. The molecular weight excluding hydrogens is 472 g/mol. The van der Waals surface area contributed by atoms with Gasteiger partial charge in [0.05, 0.1) is 5.69 Å². The lowest BCUT2D eigenvalue weighted by Crippen LogP contribution is -2.39. The van der Waals surface area contributed by atoms with Gasteiger partial charge >= 0.3 is 0 Å². The van der Waals surface area contributed by atoms with Gasteiger partial charge < -0.3 is 10.2 Å². The zero-order valence-electron chi connectivity index (χ0n) is 18.5. The Labute approximate surface area is 208 Å². The number of piperidine rings is 1. The predicted octanol–water partition coefficient (Wildman–Crippen LogP) is 6.32. The molecule has 174 valence electrons. The summed E-state index contributed by atoms with van der Waals surface area (Å²) < 4.78 is 13.3. The third-order valence-electron chi connectivity index (χ3n) is 6.57. The molecule has 0 aliphatic carbocycles. The highest BCUT2D eigenvalue weighted by Gasteiger charge is 2.31. The fraction of sp³-hybridized carbons (Fsp3) is 0.259. The van der Waals surface area contributed by atoms with E-state index in [0.29, 0.717) is 28.1 Å². The number of carbonyl (C=O) groups excluding carboxylic acids is 1. The molecule has 1 saturated heterocycles. The van der Waals surface area contributed by atoms with Crippen LogP contribution in [0.3, 0.4) is 0 Å². The summed E-state index contributed by atoms with van der Waals surface area (Å²) in [5.74, 6) is 0.745. The second kappa shape index (κ2) is 9.77. The molecule has 34 heavy (non-hydrogen) atoms. The largest absolute Gasteiger partial charge is 0.356 e. The van der Waals surface area contributed by atoms with Crippen molar-refractivity contribution in [2.24, 2.45) is 4.99 Å². The second-order valence-corrected chi connectivity index (χ2v) is 9.60. The third kappa shape index (κ3) is 4.82. The summed E-state index contributed by atoms with van der Waals surface area (Å²) in [4.78, 5) is 20.3. The molecule has 1 fully saturated rings. The van der Waals surface area contributed by atoms with Crippen LogP contribution >= 0.6 is 23.2 Å². The lowest BCUT2D eigenvalue weighted by atomic mass is 9.89. The second-order valence-electron chi connectivity index (χ2n) is 8.76. The number of amidine groups is 1. The number of nitrogens with zero attached hydrogens (tertiary/aromatic N) is 2. The average Bonchev–Trinajstić information content (AvgIpc) is 2.97. The number of likely N-dealkylation sites (tertiary alicyclic amines) is 1. The number of fused-ring (bicyclic) bond motifs is 1. The first kappa shape index (κ1) is 22.9. The molecule has 0 aromatic heterocycles. The Kier molecular flexibility index (Phi) is 6.57. The van der Waals surface area contributed by atoms with Crippen molar-refractivity contribution in [3.8, 4) is 0 Å². The molecule has 2 aliphatic heterocycles. The number of benzene rings is 3. The molecule has 2 aliphatic rings. The van der Waals surface area contributed by atoms with E-state index in [0.717, 1.165) is 48.5 Å². The molecule has 2 heterocycles. The number of halogens is 3. The quantitative estimate of drug-likeness (QED) is 0.461. The monoisotopic (exact) mass is 495 g/mol. The van der Waals surface area contributed by atoms with Crippen LogP contribution in [0.1, 0.15) is 35.4 Å². The van der Waals surface area contributed by atoms with Crippen LogP contribution in [-0.2, 0) is 11.2 Å². The molecule has 0 bridgehead atoms. The number of nitrogens with one attached hydrogen (secondary N) is 1. The summed E-state index contributed by atoms with van der Waals surface area (Å²) >= 11 is 12.7. The molecule has 5 rings (SSSR count). The molecule has 3 aromatic rings. The molecule has 1 atom stereocenters. The first-order chi connectivity index (χ1) is 16.5. The lowest BCUT2D eigenvalue weighted by molar-refractivity contribution is -0.117. The molecule has 0 spiro atoms. The highest BCUT2D eigenvalue weighted by molar-refractivity contribution is 6.31. The van der Waals surface area contributed by atoms with Gasteiger partial charge in [0, 0.05) is 35.1 Å². The van der Waals surface area contributed by atoms with Crippen molar-refractivity contribution in [3.63, 3.8) is 0 Å². The molecule has 0 radical (unpaired) electrons. The van der Waals surface area contributed by atoms with E-state index in [2.05, 4.69) is 10.2 Å². The molecule has 1 unspecified atom stereocenters. The molecular formula is C27H24Cl2FN3O. The van der Waals surface area contributed by atoms with Crippen LogP contribution in [0.2, 0.25) is 10.0 Å². The zero-order valence-corrected chi connectivity index (χ0v) is 20.0. The van der Waals surface area contributed by atoms with Crippen LogP contribution in [0, 0.1) is 5.82 Å². The molecule has 1 amide bonds. The highest BCUT2D eigenvalue weighted by atomic mass is 35.5. The number of benzodiazepines with no additional fused rings is 1. The maximum absolute atomic E-state index is 13.3. The minimum absolute atomic E-state index is 0.167. The Bertz CT molecular complexity index is 1240. The van der Waals surface area contributed by atoms with Gasteiger partial charge in [0.15, 0.2) is 0 Å². The van der Waals surface area contributed by atoms with E-state index in [9.17, 15) is 9.18 Å². The van der Waals surface area contributed by atoms with Gasteiger partial charge in [-0.05, 0) is 66.3 Å². The van der Waals surface area contributed by atoms with E-state index >= 15 is 0 Å². The number of aliphatic imine (C=N–C) groups is 1. The first-order valence-electron chi connectivity index (χ1n) is 11.4. The molecule has 1 N–H and O–H groups in total. The molecule has 0 saturated carbocycles. The fourth-order valence-electron chi connectivity index (χ4n) is 4.72. The van der Waals surface area contributed by atoms with Crippen molar-refractivity contribution >= 4 is 40.6 Å². The van der Waals surface area contributed by atoms with Gasteiger partial charge in [-0.3, -0.25) is 9.79 Å². The van der Waals surface area contributed by atoms with Gasteiger partial charge in [-0.25, -0.2) is 4.39 Å². The van der Waals surface area contributed by atoms with E-state index in [-0.39, 0.29) is 11.7 Å². The van der Waals surface area contributed by atoms with Crippen LogP contribution < -0.4 is 5.32 Å². The van der Waals surface area contributed by atoms with Gasteiger partial charge in [-0.2, -0.15) is 0 Å². The van der Waals surface area contributed by atoms with Crippen molar-refractivity contribution < 1.29 is 9.18 Å². The number of amides is 1. The standard InChI is InChI=1S/C27H24Cl2FN3O/c28-20-7-10-24-22(16-20)26(31-25(27(34)32-24)15-19-3-1-2-4-23(19)29)33-13-11-18(12-14-33)17-5-8-21(30)9-6-17/h1-10,16,18,25H,11-15H2,(H,32,34). The van der Waals surface area contributed by atoms with Gasteiger partial charge in [-0.15, -0.1) is 0 Å². The average molecular weight is 496 g/mol. The topological polar surface area (TPSA) is 44.7 Å². The number of hydrogen-bond donors (Lipinski definition) is 1. The summed E-state index contributed by atoms with van der Waals surface area (Å²) in [7, 11) is 0. The van der Waals surface area contributed by atoms with Crippen molar-refractivity contribution in [1.29, 1.82) is 0 Å². The Hall–Kier alpha value is -2.89. The Balaban J connectivity index is 1.45. The number of hydrogen-bond acceptors (Lipinski definition) is 3. The maximum Gasteiger partial charge on any atom is 0.249 e. The van der Waals surface area contributed by atoms with Gasteiger partial charge in [0.2, 0.25) is 5.91 Å². The summed E-state index contributed by atoms with van der Waals surface area (Å²) in [6.07, 6.45) is 2.23. The summed E-state index contributed by atoms with van der Waals surface area (Å²) in [6.45, 7) is 1.56. The zero-order chi connectivity index (χ0) is 23.7. The Morgan fingerprint density at radius 1 is 1.00 bits per heavy atom. The number of rotatable bonds is 3. The van der Waals surface area contributed by atoms with Crippen LogP contribution in [0.15, 0.2) is 71.7 Å². The van der Waals surface area contributed by atoms with Crippen LogP contribution in [-0.4, -0.2) is 35.8 Å². The van der Waals surface area contributed by atoms with E-state index < -0.39 is 6.04 Å². The molecule has 3 aromatic carbocycles. The van der Waals surface area contributed by atoms with Crippen molar-refractivity contribution in [3.05, 3.63) is 99.3 Å². The highest BCUT2D eigenvalue weighted by Crippen LogP contribution is 2.32. The van der Waals surface area contributed by atoms with Crippen LogP contribution in [0.5, 0.6) is 0 Å². The molecule has 7 heteroatoms. The first-order valence-corrected chi connectivity index (χ1v) is 12.2. The lowest BCUT2D eigenvalue weighted by Gasteiger charge is -2.35. The van der Waals surface area contributed by atoms with E-state index in [1.165, 1.54) is 12.1 Å². The van der Waals surface area contributed by atoms with Crippen molar-refractivity contribution in [2.45, 2.75) is 31.2 Å². The van der Waals surface area contributed by atoms with E-state index in [4.69, 9.17) is 28.2 Å².